The predicted molar refractivity (Wildman–Crippen MR) is 101 cm³/mol. The van der Waals surface area contributed by atoms with Gasteiger partial charge in [-0.25, -0.2) is 0 Å². The third kappa shape index (κ3) is 3.72. The van der Waals surface area contributed by atoms with Gasteiger partial charge in [0, 0.05) is 36.2 Å². The lowest BCUT2D eigenvalue weighted by Crippen LogP contribution is -2.27. The Hall–Kier alpha value is -2.90. The van der Waals surface area contributed by atoms with Gasteiger partial charge in [-0.15, -0.1) is 0 Å². The number of nitrogens with zero attached hydrogens (tertiary/aromatic N) is 1. The molecule has 1 amide bonds. The summed E-state index contributed by atoms with van der Waals surface area (Å²) in [5, 5.41) is 6.03. The van der Waals surface area contributed by atoms with E-state index in [1.165, 1.54) is 0 Å². The summed E-state index contributed by atoms with van der Waals surface area (Å²) in [7, 11) is 0. The standard InChI is InChI=1S/C20H20F3N3O2/c1-12-8-15(26-7-6-13(10-26)20(21,22)23)3-5-16(12)24-14-2-4-17-18(9-14)28-11-19(27)25-17/h2-5,8-9,13,24H,6-7,10-11H2,1H3,(H,25,27)/t13-/m0/s1. The Morgan fingerprint density at radius 2 is 2.04 bits per heavy atom. The second-order valence-corrected chi connectivity index (χ2v) is 7.15. The molecule has 2 aliphatic heterocycles. The molecule has 0 aliphatic carbocycles. The monoisotopic (exact) mass is 391 g/mol. The summed E-state index contributed by atoms with van der Waals surface area (Å²) in [5.74, 6) is -0.856. The molecule has 2 aromatic carbocycles. The van der Waals surface area contributed by atoms with Crippen molar-refractivity contribution in [3.05, 3.63) is 42.0 Å². The molecule has 5 nitrogen and oxygen atoms in total. The average Bonchev–Trinajstić information content (AvgIpc) is 3.14. The van der Waals surface area contributed by atoms with Crippen molar-refractivity contribution < 1.29 is 22.7 Å². The quantitative estimate of drug-likeness (QED) is 0.811. The van der Waals surface area contributed by atoms with Crippen molar-refractivity contribution in [1.29, 1.82) is 0 Å². The summed E-state index contributed by atoms with van der Waals surface area (Å²) < 4.78 is 44.1. The van der Waals surface area contributed by atoms with Gasteiger partial charge in [0.1, 0.15) is 5.75 Å². The summed E-state index contributed by atoms with van der Waals surface area (Å²) >= 11 is 0. The molecule has 28 heavy (non-hydrogen) atoms. The Kier molecular flexibility index (Phi) is 4.56. The molecule has 2 heterocycles. The summed E-state index contributed by atoms with van der Waals surface area (Å²) in [6.07, 6.45) is -4.01. The Bertz CT molecular complexity index is 914. The van der Waals surface area contributed by atoms with Gasteiger partial charge in [0.25, 0.3) is 5.91 Å². The van der Waals surface area contributed by atoms with Crippen molar-refractivity contribution in [2.24, 2.45) is 5.92 Å². The fraction of sp³-hybridized carbons (Fsp3) is 0.350. The van der Waals surface area contributed by atoms with Gasteiger partial charge >= 0.3 is 6.18 Å². The van der Waals surface area contributed by atoms with E-state index in [0.29, 0.717) is 18.0 Å². The number of nitrogens with one attached hydrogen (secondary N) is 2. The van der Waals surface area contributed by atoms with Crippen LogP contribution in [0.25, 0.3) is 0 Å². The molecule has 0 aromatic heterocycles. The lowest BCUT2D eigenvalue weighted by molar-refractivity contribution is -0.168. The van der Waals surface area contributed by atoms with Crippen LogP contribution in [0, 0.1) is 12.8 Å². The first-order chi connectivity index (χ1) is 13.3. The maximum atomic E-state index is 12.9. The molecular weight excluding hydrogens is 371 g/mol. The fourth-order valence-electron chi connectivity index (χ4n) is 3.55. The summed E-state index contributed by atoms with van der Waals surface area (Å²) in [5.41, 5.74) is 4.01. The van der Waals surface area contributed by atoms with Crippen LogP contribution in [-0.4, -0.2) is 31.8 Å². The topological polar surface area (TPSA) is 53.6 Å². The van der Waals surface area contributed by atoms with Crippen LogP contribution in [0.1, 0.15) is 12.0 Å². The number of rotatable bonds is 3. The number of hydrogen-bond acceptors (Lipinski definition) is 4. The predicted octanol–water partition coefficient (Wildman–Crippen LogP) is 4.46. The van der Waals surface area contributed by atoms with Gasteiger partial charge in [-0.2, -0.15) is 13.2 Å². The smallest absolute Gasteiger partial charge is 0.393 e. The molecule has 0 bridgehead atoms. The van der Waals surface area contributed by atoms with Crippen LogP contribution >= 0.6 is 0 Å². The molecule has 0 unspecified atom stereocenters. The van der Waals surface area contributed by atoms with E-state index >= 15 is 0 Å². The average molecular weight is 391 g/mol. The van der Waals surface area contributed by atoms with E-state index in [1.807, 2.05) is 31.2 Å². The van der Waals surface area contributed by atoms with E-state index in [0.717, 1.165) is 22.6 Å². The molecule has 4 rings (SSSR count). The van der Waals surface area contributed by atoms with Gasteiger partial charge in [0.2, 0.25) is 0 Å². The summed E-state index contributed by atoms with van der Waals surface area (Å²) in [4.78, 5) is 13.1. The minimum Gasteiger partial charge on any atom is -0.482 e. The van der Waals surface area contributed by atoms with Gasteiger partial charge < -0.3 is 20.3 Å². The number of ether oxygens (including phenoxy) is 1. The normalized spacial score (nSPS) is 19.1. The Morgan fingerprint density at radius 3 is 2.75 bits per heavy atom. The van der Waals surface area contributed by atoms with Crippen LogP contribution in [0.5, 0.6) is 5.75 Å². The molecule has 1 saturated heterocycles. The van der Waals surface area contributed by atoms with E-state index < -0.39 is 12.1 Å². The van der Waals surface area contributed by atoms with Crippen LogP contribution in [0.2, 0.25) is 0 Å². The van der Waals surface area contributed by atoms with Crippen LogP contribution < -0.4 is 20.3 Å². The number of amides is 1. The van der Waals surface area contributed by atoms with Gasteiger partial charge in [-0.1, -0.05) is 0 Å². The highest BCUT2D eigenvalue weighted by molar-refractivity contribution is 5.95. The third-order valence-corrected chi connectivity index (χ3v) is 5.12. The third-order valence-electron chi connectivity index (χ3n) is 5.12. The first kappa shape index (κ1) is 18.5. The van der Waals surface area contributed by atoms with Crippen molar-refractivity contribution >= 4 is 28.7 Å². The van der Waals surface area contributed by atoms with Crippen LogP contribution in [0.3, 0.4) is 0 Å². The molecule has 8 heteroatoms. The number of hydrogen-bond donors (Lipinski definition) is 2. The second-order valence-electron chi connectivity index (χ2n) is 7.15. The number of fused-ring (bicyclic) bond motifs is 1. The first-order valence-corrected chi connectivity index (χ1v) is 9.05. The molecule has 1 fully saturated rings. The van der Waals surface area contributed by atoms with Crippen LogP contribution in [0.15, 0.2) is 36.4 Å². The van der Waals surface area contributed by atoms with E-state index in [9.17, 15) is 18.0 Å². The molecular formula is C20H20F3N3O2. The lowest BCUT2D eigenvalue weighted by Gasteiger charge is -2.22. The highest BCUT2D eigenvalue weighted by Crippen LogP contribution is 2.37. The number of carbonyl (C=O) groups is 1. The molecule has 0 saturated carbocycles. The second kappa shape index (κ2) is 6.92. The van der Waals surface area contributed by atoms with Crippen molar-refractivity contribution in [3.8, 4) is 5.75 Å². The van der Waals surface area contributed by atoms with E-state index in [4.69, 9.17) is 4.74 Å². The highest BCUT2D eigenvalue weighted by atomic mass is 19.4. The van der Waals surface area contributed by atoms with Crippen molar-refractivity contribution in [2.45, 2.75) is 19.5 Å². The molecule has 148 valence electrons. The maximum Gasteiger partial charge on any atom is 0.393 e. The number of alkyl halides is 3. The van der Waals surface area contributed by atoms with Crippen molar-refractivity contribution in [2.75, 3.05) is 35.2 Å². The molecule has 2 aliphatic rings. The van der Waals surface area contributed by atoms with Gasteiger partial charge in [0.15, 0.2) is 6.61 Å². The minimum absolute atomic E-state index is 0.00357. The minimum atomic E-state index is -4.14. The summed E-state index contributed by atoms with van der Waals surface area (Å²) in [6, 6.07) is 11.0. The molecule has 0 spiro atoms. The number of aryl methyl sites for hydroxylation is 1. The molecule has 2 N–H and O–H groups in total. The highest BCUT2D eigenvalue weighted by Gasteiger charge is 2.43. The van der Waals surface area contributed by atoms with Crippen molar-refractivity contribution in [3.63, 3.8) is 0 Å². The fourth-order valence-corrected chi connectivity index (χ4v) is 3.55. The maximum absolute atomic E-state index is 12.9. The zero-order valence-electron chi connectivity index (χ0n) is 15.3. The van der Waals surface area contributed by atoms with Gasteiger partial charge in [0.05, 0.1) is 11.6 Å². The zero-order chi connectivity index (χ0) is 19.9. The van der Waals surface area contributed by atoms with E-state index in [2.05, 4.69) is 10.6 Å². The van der Waals surface area contributed by atoms with Gasteiger partial charge in [-0.3, -0.25) is 4.79 Å². The first-order valence-electron chi connectivity index (χ1n) is 9.05. The SMILES string of the molecule is Cc1cc(N2CC[C@H](C(F)(F)F)C2)ccc1Nc1ccc2c(c1)OCC(=O)N2. The lowest BCUT2D eigenvalue weighted by atomic mass is 10.1. The van der Waals surface area contributed by atoms with Crippen LogP contribution in [-0.2, 0) is 4.79 Å². The number of benzene rings is 2. The molecule has 2 aromatic rings. The largest absolute Gasteiger partial charge is 0.482 e. The van der Waals surface area contributed by atoms with Gasteiger partial charge in [-0.05, 0) is 49.2 Å². The Labute approximate surface area is 160 Å². The zero-order valence-corrected chi connectivity index (χ0v) is 15.3. The number of carbonyl (C=O) groups excluding carboxylic acids is 1. The molecule has 0 radical (unpaired) electrons. The number of anilines is 4. The Balaban J connectivity index is 1.48. The number of halogens is 3. The van der Waals surface area contributed by atoms with E-state index in [1.54, 1.807) is 17.0 Å². The van der Waals surface area contributed by atoms with Crippen LogP contribution in [0.4, 0.5) is 35.9 Å². The molecule has 1 atom stereocenters. The Morgan fingerprint density at radius 1 is 1.21 bits per heavy atom. The summed E-state index contributed by atoms with van der Waals surface area (Å²) in [6.45, 7) is 2.31. The van der Waals surface area contributed by atoms with E-state index in [-0.39, 0.29) is 25.5 Å². The van der Waals surface area contributed by atoms with Crippen molar-refractivity contribution in [1.82, 2.24) is 0 Å².